The number of carbonyl (C=O) groups excluding carboxylic acids is 2. The fraction of sp³-hybridized carbons (Fsp3) is 0.125. The highest BCUT2D eigenvalue weighted by atomic mass is 16.5. The highest BCUT2D eigenvalue weighted by Gasteiger charge is 2.42. The minimum Gasteiger partial charge on any atom is -0.497 e. The lowest BCUT2D eigenvalue weighted by molar-refractivity contribution is -0.120. The average Bonchev–Trinajstić information content (AvgIpc) is 2.95. The molecule has 1 unspecified atom stereocenters. The highest BCUT2D eigenvalue weighted by molar-refractivity contribution is 6.06. The van der Waals surface area contributed by atoms with Gasteiger partial charge < -0.3 is 20.7 Å². The Kier molecular flexibility index (Phi) is 8.23. The van der Waals surface area contributed by atoms with Crippen molar-refractivity contribution in [2.75, 3.05) is 23.1 Å². The summed E-state index contributed by atoms with van der Waals surface area (Å²) in [7, 11) is 1.60. The minimum absolute atomic E-state index is 0.0133. The summed E-state index contributed by atoms with van der Waals surface area (Å²) in [6.07, 6.45) is 0.0133. The maximum Gasteiger partial charge on any atom is 0.255 e. The van der Waals surface area contributed by atoms with Crippen molar-refractivity contribution in [3.8, 4) is 5.75 Å². The molecule has 4 aromatic rings. The summed E-state index contributed by atoms with van der Waals surface area (Å²) < 4.78 is 5.30. The molecule has 0 heterocycles. The Morgan fingerprint density at radius 3 is 1.89 bits per heavy atom. The van der Waals surface area contributed by atoms with Crippen molar-refractivity contribution in [2.24, 2.45) is 0 Å². The Morgan fingerprint density at radius 2 is 1.29 bits per heavy atom. The van der Waals surface area contributed by atoms with Crippen LogP contribution in [0.4, 0.5) is 17.1 Å². The van der Waals surface area contributed by atoms with Crippen LogP contribution in [-0.2, 0) is 15.1 Å². The van der Waals surface area contributed by atoms with Crippen molar-refractivity contribution in [1.29, 1.82) is 0 Å². The fourth-order valence-corrected chi connectivity index (χ4v) is 4.15. The Balaban J connectivity index is 1.73. The molecular weight excluding hydrogens is 474 g/mol. The molecule has 0 saturated carbocycles. The van der Waals surface area contributed by atoms with Crippen molar-refractivity contribution in [1.82, 2.24) is 0 Å². The molecule has 1 atom stereocenters. The monoisotopic (exact) mass is 505 g/mol. The fourth-order valence-electron chi connectivity index (χ4n) is 4.15. The first kappa shape index (κ1) is 26.2. The van der Waals surface area contributed by atoms with Crippen molar-refractivity contribution < 1.29 is 14.3 Å². The van der Waals surface area contributed by atoms with Gasteiger partial charge in [-0.25, -0.2) is 0 Å². The van der Waals surface area contributed by atoms with Crippen LogP contribution in [0.3, 0.4) is 0 Å². The van der Waals surface area contributed by atoms with E-state index in [1.807, 2.05) is 116 Å². The summed E-state index contributed by atoms with van der Waals surface area (Å²) in [5, 5.41) is 9.35. The van der Waals surface area contributed by atoms with Gasteiger partial charge in [0.05, 0.1) is 7.11 Å². The SMILES string of the molecule is C=C(CC(Nc1ccc(OC)cc1)(C(=O)Nc1ccccc1)c1ccccc1)C(=O)Nc1ccc(C)cc1. The first-order chi connectivity index (χ1) is 18.4. The number of amides is 2. The largest absolute Gasteiger partial charge is 0.497 e. The Bertz CT molecular complexity index is 1390. The maximum atomic E-state index is 14.1. The van der Waals surface area contributed by atoms with Crippen molar-refractivity contribution in [3.63, 3.8) is 0 Å². The zero-order valence-corrected chi connectivity index (χ0v) is 21.5. The maximum absolute atomic E-state index is 14.1. The Morgan fingerprint density at radius 1 is 0.737 bits per heavy atom. The number of hydrogen-bond donors (Lipinski definition) is 3. The van der Waals surface area contributed by atoms with Crippen LogP contribution in [0, 0.1) is 6.92 Å². The van der Waals surface area contributed by atoms with Gasteiger partial charge in [0.15, 0.2) is 0 Å². The molecule has 0 aliphatic heterocycles. The van der Waals surface area contributed by atoms with E-state index in [0.717, 1.165) is 5.56 Å². The summed E-state index contributed by atoms with van der Waals surface area (Å²) >= 11 is 0. The smallest absolute Gasteiger partial charge is 0.255 e. The van der Waals surface area contributed by atoms with Gasteiger partial charge >= 0.3 is 0 Å². The molecule has 0 aromatic heterocycles. The highest BCUT2D eigenvalue weighted by Crippen LogP contribution is 2.35. The third-order valence-corrected chi connectivity index (χ3v) is 6.24. The number of carbonyl (C=O) groups is 2. The third kappa shape index (κ3) is 6.28. The molecule has 3 N–H and O–H groups in total. The van der Waals surface area contributed by atoms with Crippen LogP contribution in [0.25, 0.3) is 0 Å². The second-order valence-electron chi connectivity index (χ2n) is 9.05. The predicted octanol–water partition coefficient (Wildman–Crippen LogP) is 6.53. The quantitative estimate of drug-likeness (QED) is 0.214. The standard InChI is InChI=1S/C32H31N3O3/c1-23-14-16-27(17-15-23)33-30(36)24(2)22-32(25-10-6-4-7-11-25,31(37)34-26-12-8-5-9-13-26)35-28-18-20-29(38-3)21-19-28/h4-21,35H,2,22H2,1,3H3,(H,33,36)(H,34,37). The number of nitrogens with one attached hydrogen (secondary N) is 3. The molecule has 0 spiro atoms. The average molecular weight is 506 g/mol. The molecule has 0 fully saturated rings. The Hall–Kier alpha value is -4.84. The van der Waals surface area contributed by atoms with E-state index >= 15 is 0 Å². The molecule has 6 nitrogen and oxygen atoms in total. The number of rotatable bonds is 10. The molecular formula is C32H31N3O3. The zero-order chi connectivity index (χ0) is 27.0. The van der Waals surface area contributed by atoms with E-state index in [1.54, 1.807) is 7.11 Å². The lowest BCUT2D eigenvalue weighted by Gasteiger charge is -2.35. The molecule has 38 heavy (non-hydrogen) atoms. The first-order valence-corrected chi connectivity index (χ1v) is 12.3. The summed E-state index contributed by atoms with van der Waals surface area (Å²) in [5.41, 5.74) is 2.66. The van der Waals surface area contributed by atoms with E-state index in [-0.39, 0.29) is 23.8 Å². The first-order valence-electron chi connectivity index (χ1n) is 12.3. The van der Waals surface area contributed by atoms with Crippen molar-refractivity contribution in [3.05, 3.63) is 132 Å². The van der Waals surface area contributed by atoms with Crippen LogP contribution in [0.2, 0.25) is 0 Å². The molecule has 2 amide bonds. The molecule has 4 aromatic carbocycles. The van der Waals surface area contributed by atoms with Crippen LogP contribution in [0.15, 0.2) is 121 Å². The van der Waals surface area contributed by atoms with Gasteiger partial charge in [0.1, 0.15) is 11.3 Å². The van der Waals surface area contributed by atoms with Gasteiger partial charge in [-0.3, -0.25) is 9.59 Å². The lowest BCUT2D eigenvalue weighted by atomic mass is 9.82. The van der Waals surface area contributed by atoms with Crippen LogP contribution in [0.5, 0.6) is 5.75 Å². The van der Waals surface area contributed by atoms with Gasteiger partial charge in [0.25, 0.3) is 11.8 Å². The molecule has 0 aliphatic carbocycles. The topological polar surface area (TPSA) is 79.5 Å². The van der Waals surface area contributed by atoms with Gasteiger partial charge in [-0.1, -0.05) is 72.8 Å². The third-order valence-electron chi connectivity index (χ3n) is 6.24. The molecule has 6 heteroatoms. The van der Waals surface area contributed by atoms with Gasteiger partial charge in [-0.05, 0) is 61.0 Å². The summed E-state index contributed by atoms with van der Waals surface area (Å²) in [5.74, 6) is 0.00434. The van der Waals surface area contributed by atoms with Gasteiger partial charge in [0.2, 0.25) is 0 Å². The summed E-state index contributed by atoms with van der Waals surface area (Å²) in [4.78, 5) is 27.4. The second kappa shape index (κ2) is 11.9. The van der Waals surface area contributed by atoms with Crippen molar-refractivity contribution >= 4 is 28.9 Å². The molecule has 0 radical (unpaired) electrons. The van der Waals surface area contributed by atoms with Crippen LogP contribution >= 0.6 is 0 Å². The molecule has 4 rings (SSSR count). The second-order valence-corrected chi connectivity index (χ2v) is 9.05. The van der Waals surface area contributed by atoms with Crippen LogP contribution in [-0.4, -0.2) is 18.9 Å². The Labute approximate surface area is 223 Å². The van der Waals surface area contributed by atoms with E-state index in [4.69, 9.17) is 4.74 Å². The number of aryl methyl sites for hydroxylation is 1. The van der Waals surface area contributed by atoms with E-state index in [0.29, 0.717) is 28.4 Å². The van der Waals surface area contributed by atoms with Crippen molar-refractivity contribution in [2.45, 2.75) is 18.9 Å². The summed E-state index contributed by atoms with van der Waals surface area (Å²) in [6.45, 7) is 6.07. The molecule has 192 valence electrons. The number of ether oxygens (including phenoxy) is 1. The zero-order valence-electron chi connectivity index (χ0n) is 21.5. The number of benzene rings is 4. The van der Waals surface area contributed by atoms with Crippen LogP contribution < -0.4 is 20.7 Å². The van der Waals surface area contributed by atoms with E-state index in [2.05, 4.69) is 22.5 Å². The summed E-state index contributed by atoms with van der Waals surface area (Å²) in [6, 6.07) is 33.4. The number of anilines is 3. The lowest BCUT2D eigenvalue weighted by Crippen LogP contribution is -2.48. The van der Waals surface area contributed by atoms with Gasteiger partial charge in [0, 0.05) is 29.1 Å². The minimum atomic E-state index is -1.35. The number of hydrogen-bond acceptors (Lipinski definition) is 4. The number of para-hydroxylation sites is 1. The van der Waals surface area contributed by atoms with E-state index in [1.165, 1.54) is 0 Å². The van der Waals surface area contributed by atoms with E-state index in [9.17, 15) is 9.59 Å². The normalized spacial score (nSPS) is 12.1. The predicted molar refractivity (Wildman–Crippen MR) is 153 cm³/mol. The molecule has 0 saturated heterocycles. The van der Waals surface area contributed by atoms with Gasteiger partial charge in [-0.2, -0.15) is 0 Å². The van der Waals surface area contributed by atoms with Crippen LogP contribution in [0.1, 0.15) is 17.5 Å². The van der Waals surface area contributed by atoms with Gasteiger partial charge in [-0.15, -0.1) is 0 Å². The molecule has 0 aliphatic rings. The molecule has 0 bridgehead atoms. The number of methoxy groups -OCH3 is 1. The van der Waals surface area contributed by atoms with E-state index < -0.39 is 5.54 Å².